The molecule has 0 aromatic carbocycles. The Balaban J connectivity index is 2.22. The first-order valence-electron chi connectivity index (χ1n) is 15.7. The topological polar surface area (TPSA) is 46.5 Å². The minimum absolute atomic E-state index is 0.0636. The van der Waals surface area contributed by atoms with Gasteiger partial charge >= 0.3 is 5.97 Å². The van der Waals surface area contributed by atoms with Crippen LogP contribution in [0.4, 0.5) is 0 Å². The van der Waals surface area contributed by atoms with Crippen LogP contribution < -0.4 is 0 Å². The molecule has 1 rings (SSSR count). The summed E-state index contributed by atoms with van der Waals surface area (Å²) in [7, 11) is 0. The van der Waals surface area contributed by atoms with E-state index in [1.165, 1.54) is 127 Å². The van der Waals surface area contributed by atoms with E-state index >= 15 is 0 Å². The lowest BCUT2D eigenvalue weighted by atomic mass is 9.99. The Hall–Kier alpha value is 0.130. The van der Waals surface area contributed by atoms with E-state index in [9.17, 15) is 9.90 Å². The molecule has 1 aliphatic heterocycles. The minimum atomic E-state index is -0.0756. The highest BCUT2D eigenvalue weighted by Crippen LogP contribution is 2.49. The normalized spacial score (nSPS) is 16.2. The SMILES string of the molecule is CCCCCCCCCCCC(=O)OC[C@H](CO)CC1(CCCCCCCCCCC)SCCCS1. The number of thioether (sulfide) groups is 2. The number of carbonyl (C=O) groups excluding carboxylic acids is 1. The summed E-state index contributed by atoms with van der Waals surface area (Å²) in [6.07, 6.45) is 27.6. The molecule has 0 aromatic heterocycles. The summed E-state index contributed by atoms with van der Waals surface area (Å²) in [5, 5.41) is 10.1. The third-order valence-electron chi connectivity index (χ3n) is 7.50. The summed E-state index contributed by atoms with van der Waals surface area (Å²) in [4.78, 5) is 12.3. The molecular weight excluding hydrogens is 484 g/mol. The van der Waals surface area contributed by atoms with E-state index in [0.29, 0.717) is 13.0 Å². The lowest BCUT2D eigenvalue weighted by Crippen LogP contribution is -2.31. The predicted octanol–water partition coefficient (Wildman–Crippen LogP) is 9.94. The van der Waals surface area contributed by atoms with E-state index < -0.39 is 0 Å². The number of aliphatic hydroxyl groups excluding tert-OH is 1. The quantitative estimate of drug-likeness (QED) is 0.0915. The number of hydrogen-bond donors (Lipinski definition) is 1. The Morgan fingerprint density at radius 2 is 1.22 bits per heavy atom. The summed E-state index contributed by atoms with van der Waals surface area (Å²) >= 11 is 4.21. The van der Waals surface area contributed by atoms with Crippen LogP contribution in [0.1, 0.15) is 155 Å². The van der Waals surface area contributed by atoms with Crippen LogP contribution in [0.15, 0.2) is 0 Å². The minimum Gasteiger partial charge on any atom is -0.465 e. The van der Waals surface area contributed by atoms with Crippen molar-refractivity contribution in [1.82, 2.24) is 0 Å². The molecule has 36 heavy (non-hydrogen) atoms. The third kappa shape index (κ3) is 18.4. The fourth-order valence-corrected chi connectivity index (χ4v) is 8.79. The summed E-state index contributed by atoms with van der Waals surface area (Å²) in [5.74, 6) is 2.43. The highest BCUT2D eigenvalue weighted by Gasteiger charge is 2.35. The second kappa shape index (κ2) is 24.2. The number of esters is 1. The maximum absolute atomic E-state index is 12.3. The van der Waals surface area contributed by atoms with Gasteiger partial charge in [0.25, 0.3) is 0 Å². The Morgan fingerprint density at radius 3 is 1.72 bits per heavy atom. The second-order valence-electron chi connectivity index (χ2n) is 11.1. The maximum atomic E-state index is 12.3. The Labute approximate surface area is 233 Å². The number of hydrogen-bond acceptors (Lipinski definition) is 5. The van der Waals surface area contributed by atoms with Crippen molar-refractivity contribution in [2.75, 3.05) is 24.7 Å². The van der Waals surface area contributed by atoms with E-state index in [2.05, 4.69) is 37.4 Å². The van der Waals surface area contributed by atoms with Gasteiger partial charge in [-0.05, 0) is 37.2 Å². The van der Waals surface area contributed by atoms with Crippen molar-refractivity contribution >= 4 is 29.5 Å². The number of unbranched alkanes of at least 4 members (excludes halogenated alkanes) is 16. The van der Waals surface area contributed by atoms with Gasteiger partial charge in [-0.15, -0.1) is 23.5 Å². The number of carbonyl (C=O) groups is 1. The molecule has 214 valence electrons. The van der Waals surface area contributed by atoms with Crippen molar-refractivity contribution in [1.29, 1.82) is 0 Å². The van der Waals surface area contributed by atoms with E-state index in [0.717, 1.165) is 19.3 Å². The third-order valence-corrected chi connectivity index (χ3v) is 11.0. The van der Waals surface area contributed by atoms with Crippen LogP contribution in [-0.2, 0) is 9.53 Å². The second-order valence-corrected chi connectivity index (χ2v) is 14.3. The van der Waals surface area contributed by atoms with Gasteiger partial charge in [-0.2, -0.15) is 0 Å². The molecule has 0 saturated carbocycles. The molecule has 3 nitrogen and oxygen atoms in total. The van der Waals surface area contributed by atoms with Crippen LogP contribution >= 0.6 is 23.5 Å². The fraction of sp³-hybridized carbons (Fsp3) is 0.968. The number of ether oxygens (including phenoxy) is 1. The smallest absolute Gasteiger partial charge is 0.305 e. The first kappa shape index (κ1) is 34.2. The lowest BCUT2D eigenvalue weighted by molar-refractivity contribution is -0.145. The first-order valence-corrected chi connectivity index (χ1v) is 17.7. The van der Waals surface area contributed by atoms with Gasteiger partial charge < -0.3 is 9.84 Å². The van der Waals surface area contributed by atoms with Crippen molar-refractivity contribution in [2.45, 2.75) is 159 Å². The van der Waals surface area contributed by atoms with Crippen LogP contribution in [0.3, 0.4) is 0 Å². The largest absolute Gasteiger partial charge is 0.465 e. The van der Waals surface area contributed by atoms with Crippen LogP contribution in [0.2, 0.25) is 0 Å². The zero-order valence-electron chi connectivity index (χ0n) is 24.0. The monoisotopic (exact) mass is 544 g/mol. The van der Waals surface area contributed by atoms with Gasteiger partial charge in [0.05, 0.1) is 10.7 Å². The number of rotatable bonds is 25. The van der Waals surface area contributed by atoms with Crippen LogP contribution in [-0.4, -0.2) is 39.9 Å². The molecule has 0 radical (unpaired) electrons. The van der Waals surface area contributed by atoms with Gasteiger partial charge in [0.2, 0.25) is 0 Å². The van der Waals surface area contributed by atoms with Crippen LogP contribution in [0.25, 0.3) is 0 Å². The first-order chi connectivity index (χ1) is 17.7. The molecule has 1 aliphatic rings. The summed E-state index contributed by atoms with van der Waals surface area (Å²) in [6, 6.07) is 0. The highest BCUT2D eigenvalue weighted by molar-refractivity contribution is 8.18. The van der Waals surface area contributed by atoms with Crippen LogP contribution in [0.5, 0.6) is 0 Å². The zero-order valence-corrected chi connectivity index (χ0v) is 25.7. The fourth-order valence-electron chi connectivity index (χ4n) is 5.17. The highest BCUT2D eigenvalue weighted by atomic mass is 32.2. The van der Waals surface area contributed by atoms with E-state index in [4.69, 9.17) is 4.74 Å². The van der Waals surface area contributed by atoms with Crippen molar-refractivity contribution in [3.63, 3.8) is 0 Å². The molecule has 1 fully saturated rings. The van der Waals surface area contributed by atoms with Gasteiger partial charge in [0, 0.05) is 18.9 Å². The van der Waals surface area contributed by atoms with Crippen molar-refractivity contribution < 1.29 is 14.6 Å². The Kier molecular flexibility index (Phi) is 23.0. The van der Waals surface area contributed by atoms with E-state index in [-0.39, 0.29) is 22.6 Å². The Bertz CT molecular complexity index is 494. The van der Waals surface area contributed by atoms with Gasteiger partial charge in [0.15, 0.2) is 0 Å². The van der Waals surface area contributed by atoms with E-state index in [1.807, 2.05) is 0 Å². The Morgan fingerprint density at radius 1 is 0.750 bits per heavy atom. The molecule has 0 unspecified atom stereocenters. The van der Waals surface area contributed by atoms with Gasteiger partial charge in [-0.25, -0.2) is 0 Å². The summed E-state index contributed by atoms with van der Waals surface area (Å²) in [6.45, 7) is 5.03. The molecule has 0 aromatic rings. The van der Waals surface area contributed by atoms with Gasteiger partial charge in [0.1, 0.15) is 0 Å². The predicted molar refractivity (Wildman–Crippen MR) is 162 cm³/mol. The van der Waals surface area contributed by atoms with Crippen LogP contribution in [0, 0.1) is 5.92 Å². The molecule has 1 saturated heterocycles. The average molecular weight is 545 g/mol. The molecule has 1 heterocycles. The maximum Gasteiger partial charge on any atom is 0.305 e. The average Bonchev–Trinajstić information content (AvgIpc) is 2.89. The van der Waals surface area contributed by atoms with Crippen molar-refractivity contribution in [3.05, 3.63) is 0 Å². The van der Waals surface area contributed by atoms with Gasteiger partial charge in [-0.3, -0.25) is 4.79 Å². The molecule has 1 atom stereocenters. The van der Waals surface area contributed by atoms with Crippen molar-refractivity contribution in [2.24, 2.45) is 5.92 Å². The molecule has 0 aliphatic carbocycles. The standard InChI is InChI=1S/C31H60O3S2/c1-3-5-7-9-11-13-15-17-19-22-30(33)34-28-29(27-32)26-31(35-24-21-25-36-31)23-20-18-16-14-12-10-8-6-4-2/h29,32H,3-28H2,1-2H3/t29-/m0/s1. The molecule has 1 N–H and O–H groups in total. The summed E-state index contributed by atoms with van der Waals surface area (Å²) < 4.78 is 5.84. The molecule has 0 spiro atoms. The molecule has 5 heteroatoms. The number of aliphatic hydroxyl groups is 1. The van der Waals surface area contributed by atoms with E-state index in [1.54, 1.807) is 0 Å². The molecular formula is C31H60O3S2. The van der Waals surface area contributed by atoms with Gasteiger partial charge in [-0.1, -0.05) is 123 Å². The van der Waals surface area contributed by atoms with Crippen molar-refractivity contribution in [3.8, 4) is 0 Å². The molecule has 0 amide bonds. The summed E-state index contributed by atoms with van der Waals surface area (Å²) in [5.41, 5.74) is 0. The lowest BCUT2D eigenvalue weighted by Gasteiger charge is -2.38. The molecule has 0 bridgehead atoms. The zero-order chi connectivity index (χ0) is 26.2.